The highest BCUT2D eigenvalue weighted by atomic mass is 79.9. The number of allylic oxidation sites excluding steroid dienone is 7. The van der Waals surface area contributed by atoms with Gasteiger partial charge in [0.2, 0.25) is 0 Å². The molecule has 166 valence electrons. The molecule has 31 heavy (non-hydrogen) atoms. The van der Waals surface area contributed by atoms with Crippen LogP contribution in [0, 0.1) is 0 Å². The predicted molar refractivity (Wildman–Crippen MR) is 134 cm³/mol. The first-order valence-electron chi connectivity index (χ1n) is 9.44. The van der Waals surface area contributed by atoms with Crippen LogP contribution in [0.4, 0.5) is 13.2 Å². The molecule has 0 N–H and O–H groups in total. The maximum Gasteiger partial charge on any atom is 0.143 e. The lowest BCUT2D eigenvalue weighted by molar-refractivity contribution is 0.451. The lowest BCUT2D eigenvalue weighted by Crippen LogP contribution is -2.35. The average molecular weight is 558 g/mol. The van der Waals surface area contributed by atoms with E-state index in [0.717, 1.165) is 11.1 Å². The van der Waals surface area contributed by atoms with Gasteiger partial charge in [-0.1, -0.05) is 99.2 Å². The van der Waals surface area contributed by atoms with Crippen LogP contribution >= 0.6 is 31.9 Å². The third-order valence-corrected chi connectivity index (χ3v) is 5.52. The largest absolute Gasteiger partial charge is 0.271 e. The summed E-state index contributed by atoms with van der Waals surface area (Å²) in [5.41, 5.74) is 2.97. The third kappa shape index (κ3) is 7.28. The first-order valence-corrected chi connectivity index (χ1v) is 11.0. The minimum absolute atomic E-state index is 0.0341. The zero-order valence-corrected chi connectivity index (χ0v) is 20.8. The molecule has 0 bridgehead atoms. The number of aliphatic imine (C=N–C) groups is 2. The molecule has 0 aliphatic carbocycles. The van der Waals surface area contributed by atoms with Gasteiger partial charge in [-0.15, -0.1) is 0 Å². The zero-order chi connectivity index (χ0) is 23.4. The fourth-order valence-corrected chi connectivity index (χ4v) is 3.63. The van der Waals surface area contributed by atoms with E-state index in [9.17, 15) is 13.2 Å². The molecule has 1 aromatic rings. The summed E-state index contributed by atoms with van der Waals surface area (Å²) in [6.07, 6.45) is 9.65. The van der Waals surface area contributed by atoms with Crippen molar-refractivity contribution < 1.29 is 13.2 Å². The van der Waals surface area contributed by atoms with Gasteiger partial charge in [-0.05, 0) is 13.8 Å². The molecule has 1 aliphatic heterocycles. The van der Waals surface area contributed by atoms with Crippen LogP contribution in [0.1, 0.15) is 19.4 Å². The second-order valence-electron chi connectivity index (χ2n) is 6.19. The fraction of sp³-hybridized carbons (Fsp3) is 0.250. The molecule has 0 spiro atoms. The van der Waals surface area contributed by atoms with Crippen LogP contribution in [0.15, 0.2) is 97.6 Å². The minimum atomic E-state index is -1.21. The van der Waals surface area contributed by atoms with Crippen molar-refractivity contribution in [1.82, 2.24) is 0 Å². The van der Waals surface area contributed by atoms with E-state index in [2.05, 4.69) is 38.4 Å². The Hall–Kier alpha value is -1.99. The van der Waals surface area contributed by atoms with Crippen molar-refractivity contribution in [3.8, 4) is 0 Å². The summed E-state index contributed by atoms with van der Waals surface area (Å²) in [5.74, 6) is -0.901. The first-order chi connectivity index (χ1) is 14.9. The van der Waals surface area contributed by atoms with E-state index in [0.29, 0.717) is 23.1 Å². The fourth-order valence-electron chi connectivity index (χ4n) is 2.81. The quantitative estimate of drug-likeness (QED) is 0.306. The highest BCUT2D eigenvalue weighted by Gasteiger charge is 2.33. The smallest absolute Gasteiger partial charge is 0.143 e. The Morgan fingerprint density at radius 3 is 2.23 bits per heavy atom. The molecule has 2 atom stereocenters. The highest BCUT2D eigenvalue weighted by Crippen LogP contribution is 2.33. The van der Waals surface area contributed by atoms with Gasteiger partial charge in [-0.2, -0.15) is 0 Å². The van der Waals surface area contributed by atoms with Gasteiger partial charge in [0.1, 0.15) is 24.6 Å². The maximum absolute atomic E-state index is 14.1. The van der Waals surface area contributed by atoms with E-state index < -0.39 is 24.6 Å². The lowest BCUT2D eigenvalue weighted by Gasteiger charge is -2.28. The van der Waals surface area contributed by atoms with Crippen molar-refractivity contribution in [2.75, 3.05) is 13.9 Å². The van der Waals surface area contributed by atoms with Gasteiger partial charge in [0.25, 0.3) is 0 Å². The topological polar surface area (TPSA) is 24.7 Å². The number of nitrogens with zero attached hydrogens (tertiary/aromatic N) is 2. The number of hydrogen-bond acceptors (Lipinski definition) is 2. The lowest BCUT2D eigenvalue weighted by atomic mass is 9.94. The Bertz CT molecular complexity index is 929. The van der Waals surface area contributed by atoms with E-state index >= 15 is 0 Å². The maximum atomic E-state index is 14.1. The Labute approximate surface area is 199 Å². The van der Waals surface area contributed by atoms with Crippen molar-refractivity contribution >= 4 is 43.3 Å². The SMILES string of the molecule is C=C(Br)C1N=C(C(/C=C\C)=C/C=C/C)C(c2ccccc2)=NC1/C(Br)=C(/F)CF.CF. The molecule has 0 amide bonds. The van der Waals surface area contributed by atoms with E-state index in [4.69, 9.17) is 9.98 Å². The molecule has 0 radical (unpaired) electrons. The highest BCUT2D eigenvalue weighted by molar-refractivity contribution is 9.12. The molecule has 0 saturated carbocycles. The van der Waals surface area contributed by atoms with Crippen LogP contribution in [-0.2, 0) is 0 Å². The molecule has 1 heterocycles. The van der Waals surface area contributed by atoms with Crippen LogP contribution in [0.2, 0.25) is 0 Å². The molecule has 1 aliphatic rings. The molecule has 0 fully saturated rings. The summed E-state index contributed by atoms with van der Waals surface area (Å²) in [5, 5.41) is 0. The summed E-state index contributed by atoms with van der Waals surface area (Å²) >= 11 is 6.57. The molecule has 1 aromatic carbocycles. The van der Waals surface area contributed by atoms with Gasteiger partial charge in [0.15, 0.2) is 0 Å². The summed E-state index contributed by atoms with van der Waals surface area (Å²) in [6, 6.07) is 8.19. The standard InChI is InChI=1S/C23H22Br2F2N2.CH3F/c1-4-6-11-16(10-5-2)21-22(17-12-8-7-9-13-17)29-23(19(25)18(27)14-26)20(28-21)15(3)24;1-2/h4-13,20,23H,3,14H2,1-2H3;1H3/b6-4+,10-5-,16-11+,19-18-;. The van der Waals surface area contributed by atoms with Crippen LogP contribution in [0.5, 0.6) is 0 Å². The Kier molecular flexibility index (Phi) is 12.3. The summed E-state index contributed by atoms with van der Waals surface area (Å²) < 4.78 is 37.1. The first kappa shape index (κ1) is 27.0. The Morgan fingerprint density at radius 2 is 1.71 bits per heavy atom. The second kappa shape index (κ2) is 14.1. The van der Waals surface area contributed by atoms with Crippen LogP contribution in [-0.4, -0.2) is 37.4 Å². The molecule has 0 aromatic heterocycles. The van der Waals surface area contributed by atoms with Gasteiger partial charge >= 0.3 is 0 Å². The van der Waals surface area contributed by atoms with Crippen LogP contribution in [0.3, 0.4) is 0 Å². The number of hydrogen-bond donors (Lipinski definition) is 0. The van der Waals surface area contributed by atoms with Gasteiger partial charge in [0, 0.05) is 15.6 Å². The van der Waals surface area contributed by atoms with Gasteiger partial charge < -0.3 is 0 Å². The molecule has 0 saturated heterocycles. The van der Waals surface area contributed by atoms with Gasteiger partial charge in [-0.25, -0.2) is 8.78 Å². The number of alkyl halides is 2. The van der Waals surface area contributed by atoms with Crippen molar-refractivity contribution in [3.63, 3.8) is 0 Å². The summed E-state index contributed by atoms with van der Waals surface area (Å²) in [4.78, 5) is 9.66. The molecule has 2 unspecified atom stereocenters. The third-order valence-electron chi connectivity index (χ3n) is 4.15. The van der Waals surface area contributed by atoms with Crippen molar-refractivity contribution in [3.05, 3.63) is 93.2 Å². The van der Waals surface area contributed by atoms with Crippen LogP contribution in [0.25, 0.3) is 0 Å². The molecule has 7 heteroatoms. The number of benzene rings is 1. The van der Waals surface area contributed by atoms with Crippen LogP contribution < -0.4 is 0 Å². The normalized spacial score (nSPS) is 20.1. The molecular weight excluding hydrogens is 533 g/mol. The Balaban J connectivity index is 0.00000233. The van der Waals surface area contributed by atoms with E-state index in [1.165, 1.54) is 0 Å². The van der Waals surface area contributed by atoms with Crippen molar-refractivity contribution in [1.29, 1.82) is 0 Å². The van der Waals surface area contributed by atoms with Crippen molar-refractivity contribution in [2.45, 2.75) is 25.9 Å². The molecular formula is C24H25Br2F3N2. The van der Waals surface area contributed by atoms with Gasteiger partial charge in [-0.3, -0.25) is 14.4 Å². The number of rotatable bonds is 7. The minimum Gasteiger partial charge on any atom is -0.271 e. The zero-order valence-electron chi connectivity index (χ0n) is 17.6. The predicted octanol–water partition coefficient (Wildman–Crippen LogP) is 7.79. The summed E-state index contributed by atoms with van der Waals surface area (Å²) in [6.45, 7) is 6.57. The Morgan fingerprint density at radius 1 is 1.06 bits per heavy atom. The van der Waals surface area contributed by atoms with E-state index in [-0.39, 0.29) is 4.48 Å². The molecule has 2 nitrogen and oxygen atoms in total. The summed E-state index contributed by atoms with van der Waals surface area (Å²) in [7, 11) is 0.500. The second-order valence-corrected chi connectivity index (χ2v) is 8.07. The number of halogens is 5. The molecule has 2 rings (SSSR count). The monoisotopic (exact) mass is 556 g/mol. The van der Waals surface area contributed by atoms with E-state index in [1.807, 2.05) is 74.6 Å². The average Bonchev–Trinajstić information content (AvgIpc) is 2.81. The van der Waals surface area contributed by atoms with Gasteiger partial charge in [0.05, 0.1) is 23.1 Å². The van der Waals surface area contributed by atoms with Crippen molar-refractivity contribution in [2.24, 2.45) is 9.98 Å². The van der Waals surface area contributed by atoms with E-state index in [1.54, 1.807) is 0 Å².